The van der Waals surface area contributed by atoms with Crippen LogP contribution in [0.4, 0.5) is 0 Å². The zero-order chi connectivity index (χ0) is 21.0. The predicted molar refractivity (Wildman–Crippen MR) is 124 cm³/mol. The second kappa shape index (κ2) is 12.6. The summed E-state index contributed by atoms with van der Waals surface area (Å²) in [5.74, 6) is 3.73. The van der Waals surface area contributed by atoms with E-state index < -0.39 is 0 Å². The van der Waals surface area contributed by atoms with Gasteiger partial charge in [0.15, 0.2) is 0 Å². The Labute approximate surface area is 174 Å². The summed E-state index contributed by atoms with van der Waals surface area (Å²) >= 11 is 0. The quantitative estimate of drug-likeness (QED) is 0.512. The van der Waals surface area contributed by atoms with Crippen LogP contribution in [0.25, 0.3) is 0 Å². The molecule has 0 aromatic heterocycles. The van der Waals surface area contributed by atoms with E-state index >= 15 is 0 Å². The van der Waals surface area contributed by atoms with E-state index in [1.807, 2.05) is 68.4 Å². The third kappa shape index (κ3) is 9.44. The van der Waals surface area contributed by atoms with E-state index in [2.05, 4.69) is 34.6 Å². The van der Waals surface area contributed by atoms with Gasteiger partial charge in [0.1, 0.15) is 11.5 Å². The van der Waals surface area contributed by atoms with Crippen molar-refractivity contribution >= 4 is 0 Å². The van der Waals surface area contributed by atoms with Gasteiger partial charge in [-0.05, 0) is 67.7 Å². The van der Waals surface area contributed by atoms with Crippen molar-refractivity contribution < 1.29 is 4.74 Å². The highest BCUT2D eigenvalue weighted by Gasteiger charge is 2.31. The molecule has 2 atom stereocenters. The molecule has 1 saturated carbocycles. The van der Waals surface area contributed by atoms with Crippen molar-refractivity contribution in [3.05, 3.63) is 60.2 Å². The molecule has 0 amide bonds. The molecule has 0 bridgehead atoms. The first kappa shape index (κ1) is 24.3. The molecule has 1 aliphatic carbocycles. The Morgan fingerprint density at radius 2 is 1.46 bits per heavy atom. The lowest BCUT2D eigenvalue weighted by atomic mass is 9.67. The molecule has 0 radical (unpaired) electrons. The third-order valence-corrected chi connectivity index (χ3v) is 5.17. The Balaban J connectivity index is 0.000000260. The highest BCUT2D eigenvalue weighted by atomic mass is 16.5. The van der Waals surface area contributed by atoms with Gasteiger partial charge in [-0.15, -0.1) is 0 Å². The lowest BCUT2D eigenvalue weighted by Crippen LogP contribution is -2.27. The van der Waals surface area contributed by atoms with Crippen LogP contribution in [-0.4, -0.2) is 0 Å². The summed E-state index contributed by atoms with van der Waals surface area (Å²) in [7, 11) is 0. The van der Waals surface area contributed by atoms with Crippen LogP contribution in [0.2, 0.25) is 0 Å². The van der Waals surface area contributed by atoms with Crippen LogP contribution >= 0.6 is 0 Å². The topological polar surface area (TPSA) is 9.23 Å². The average molecular weight is 383 g/mol. The van der Waals surface area contributed by atoms with Crippen molar-refractivity contribution in [1.82, 2.24) is 0 Å². The second-order valence-electron chi connectivity index (χ2n) is 8.80. The molecule has 0 spiro atoms. The summed E-state index contributed by atoms with van der Waals surface area (Å²) in [6.07, 6.45) is 7.21. The molecule has 0 N–H and O–H groups in total. The molecule has 1 fully saturated rings. The van der Waals surface area contributed by atoms with Gasteiger partial charge in [-0.2, -0.15) is 0 Å². The molecule has 2 aromatic carbocycles. The summed E-state index contributed by atoms with van der Waals surface area (Å²) in [5.41, 5.74) is 1.86. The molecule has 1 aliphatic rings. The number of hydrogen-bond donors (Lipinski definition) is 0. The average Bonchev–Trinajstić information content (AvgIpc) is 2.65. The van der Waals surface area contributed by atoms with Crippen molar-refractivity contribution in [3.63, 3.8) is 0 Å². The molecular weight excluding hydrogens is 340 g/mol. The van der Waals surface area contributed by atoms with Crippen LogP contribution in [0.5, 0.6) is 11.5 Å². The van der Waals surface area contributed by atoms with Gasteiger partial charge in [-0.3, -0.25) is 0 Å². The number of ether oxygens (including phenoxy) is 1. The summed E-state index contributed by atoms with van der Waals surface area (Å²) in [5, 5.41) is 0. The van der Waals surface area contributed by atoms with Crippen LogP contribution in [0.3, 0.4) is 0 Å². The van der Waals surface area contributed by atoms with E-state index in [0.717, 1.165) is 23.3 Å². The Kier molecular flexibility index (Phi) is 11.0. The van der Waals surface area contributed by atoms with Crippen LogP contribution in [0.1, 0.15) is 79.2 Å². The smallest absolute Gasteiger partial charge is 0.127 e. The number of benzene rings is 2. The number of aryl methyl sites for hydroxylation is 1. The highest BCUT2D eigenvalue weighted by molar-refractivity contribution is 5.32. The van der Waals surface area contributed by atoms with E-state index in [1.54, 1.807) is 0 Å². The summed E-state index contributed by atoms with van der Waals surface area (Å²) < 4.78 is 5.63. The van der Waals surface area contributed by atoms with Crippen molar-refractivity contribution in [2.45, 2.75) is 80.6 Å². The zero-order valence-electron chi connectivity index (χ0n) is 19.3. The Bertz CT molecular complexity index is 627. The molecule has 3 rings (SSSR count). The Morgan fingerprint density at radius 3 is 2.00 bits per heavy atom. The molecule has 1 nitrogen and oxygen atoms in total. The molecule has 1 heteroatoms. The monoisotopic (exact) mass is 382 g/mol. The predicted octanol–water partition coefficient (Wildman–Crippen LogP) is 9.06. The fourth-order valence-corrected chi connectivity index (χ4v) is 4.40. The summed E-state index contributed by atoms with van der Waals surface area (Å²) in [6, 6.07) is 17.8. The van der Waals surface area contributed by atoms with Crippen molar-refractivity contribution in [3.8, 4) is 11.5 Å². The summed E-state index contributed by atoms with van der Waals surface area (Å²) in [4.78, 5) is 0. The van der Waals surface area contributed by atoms with Gasteiger partial charge < -0.3 is 4.74 Å². The van der Waals surface area contributed by atoms with E-state index in [4.69, 9.17) is 4.74 Å². The van der Waals surface area contributed by atoms with E-state index in [1.165, 1.54) is 37.7 Å². The number of para-hydroxylation sites is 1. The van der Waals surface area contributed by atoms with Crippen LogP contribution in [-0.2, 0) is 0 Å². The van der Waals surface area contributed by atoms with E-state index in [0.29, 0.717) is 5.41 Å². The maximum absolute atomic E-state index is 5.63. The second-order valence-corrected chi connectivity index (χ2v) is 8.80. The lowest BCUT2D eigenvalue weighted by molar-refractivity contribution is 0.127. The fourth-order valence-electron chi connectivity index (χ4n) is 4.40. The van der Waals surface area contributed by atoms with E-state index in [-0.39, 0.29) is 0 Å². The molecule has 156 valence electrons. The van der Waals surface area contributed by atoms with Gasteiger partial charge in [0.2, 0.25) is 0 Å². The van der Waals surface area contributed by atoms with Crippen LogP contribution in [0, 0.1) is 24.2 Å². The highest BCUT2D eigenvalue weighted by Crippen LogP contribution is 2.43. The number of hydrogen-bond acceptors (Lipinski definition) is 1. The van der Waals surface area contributed by atoms with Crippen LogP contribution in [0.15, 0.2) is 54.6 Å². The minimum Gasteiger partial charge on any atom is -0.457 e. The van der Waals surface area contributed by atoms with Crippen molar-refractivity contribution in [2.24, 2.45) is 17.3 Å². The summed E-state index contributed by atoms with van der Waals surface area (Å²) in [6.45, 7) is 15.7. The van der Waals surface area contributed by atoms with Crippen molar-refractivity contribution in [1.29, 1.82) is 0 Å². The standard InChI is InChI=1S/C13H12O.C12H24.C2H6/c1-11-7-9-13(10-8-11)14-12-5-3-2-4-6-12;1-5-6-11-7-10(2)8-12(3,4)9-11;1-2/h2-10H,1H3;10-11H,5-9H2,1-4H3;1-2H3. The van der Waals surface area contributed by atoms with Gasteiger partial charge >= 0.3 is 0 Å². The molecule has 28 heavy (non-hydrogen) atoms. The van der Waals surface area contributed by atoms with Gasteiger partial charge in [0, 0.05) is 0 Å². The first-order chi connectivity index (χ1) is 13.4. The largest absolute Gasteiger partial charge is 0.457 e. The molecule has 2 aromatic rings. The molecular formula is C27H42O. The van der Waals surface area contributed by atoms with Gasteiger partial charge in [0.05, 0.1) is 0 Å². The maximum Gasteiger partial charge on any atom is 0.127 e. The lowest BCUT2D eigenvalue weighted by Gasteiger charge is -2.39. The normalized spacial score (nSPS) is 20.1. The van der Waals surface area contributed by atoms with Gasteiger partial charge in [-0.1, -0.05) is 90.3 Å². The Hall–Kier alpha value is -1.76. The van der Waals surface area contributed by atoms with Gasteiger partial charge in [0.25, 0.3) is 0 Å². The minimum atomic E-state index is 0.623. The van der Waals surface area contributed by atoms with E-state index in [9.17, 15) is 0 Å². The number of rotatable bonds is 4. The van der Waals surface area contributed by atoms with Crippen LogP contribution < -0.4 is 4.74 Å². The fraction of sp³-hybridized carbons (Fsp3) is 0.556. The zero-order valence-corrected chi connectivity index (χ0v) is 19.3. The first-order valence-electron chi connectivity index (χ1n) is 11.2. The Morgan fingerprint density at radius 1 is 0.893 bits per heavy atom. The first-order valence-corrected chi connectivity index (χ1v) is 11.2. The maximum atomic E-state index is 5.63. The molecule has 0 aliphatic heterocycles. The molecule has 0 saturated heterocycles. The molecule has 2 unspecified atom stereocenters. The van der Waals surface area contributed by atoms with Gasteiger partial charge in [-0.25, -0.2) is 0 Å². The molecule has 0 heterocycles. The SMILES string of the molecule is CC.CCCC1CC(C)CC(C)(C)C1.Cc1ccc(Oc2ccccc2)cc1. The minimum absolute atomic E-state index is 0.623. The third-order valence-electron chi connectivity index (χ3n) is 5.17. The van der Waals surface area contributed by atoms with Crippen molar-refractivity contribution in [2.75, 3.05) is 0 Å².